The highest BCUT2D eigenvalue weighted by Crippen LogP contribution is 2.32. The molecule has 1 unspecified atom stereocenters. The van der Waals surface area contributed by atoms with Crippen molar-refractivity contribution in [2.24, 2.45) is 10.7 Å². The van der Waals surface area contributed by atoms with Crippen LogP contribution >= 0.6 is 24.0 Å². The summed E-state index contributed by atoms with van der Waals surface area (Å²) in [7, 11) is 0. The van der Waals surface area contributed by atoms with Gasteiger partial charge in [0.2, 0.25) is 0 Å². The Balaban J connectivity index is 0.00000210. The number of benzene rings is 2. The lowest BCUT2D eigenvalue weighted by Crippen LogP contribution is -2.37. The minimum Gasteiger partial charge on any atom is -0.493 e. The number of guanidine groups is 1. The molecule has 2 heterocycles. The second-order valence-corrected chi connectivity index (χ2v) is 6.40. The number of halogens is 1. The van der Waals surface area contributed by atoms with Crippen LogP contribution in [0.3, 0.4) is 0 Å². The van der Waals surface area contributed by atoms with Gasteiger partial charge in [-0.15, -0.1) is 24.0 Å². The fourth-order valence-corrected chi connectivity index (χ4v) is 3.20. The van der Waals surface area contributed by atoms with Gasteiger partial charge in [-0.05, 0) is 23.8 Å². The first-order chi connectivity index (χ1) is 12.8. The quantitative estimate of drug-likeness (QED) is 0.399. The molecule has 0 fully saturated rings. The number of rotatable bonds is 3. The first kappa shape index (κ1) is 19.6. The molecular formula is C20H24IN3O3. The number of fused-ring (bicyclic) bond motifs is 2. The van der Waals surface area contributed by atoms with Crippen molar-refractivity contribution < 1.29 is 14.2 Å². The third-order valence-electron chi connectivity index (χ3n) is 4.52. The fraction of sp³-hybridized carbons (Fsp3) is 0.350. The van der Waals surface area contributed by atoms with Gasteiger partial charge in [0.05, 0.1) is 32.4 Å². The Labute approximate surface area is 176 Å². The first-order valence-electron chi connectivity index (χ1n) is 8.96. The van der Waals surface area contributed by atoms with E-state index < -0.39 is 0 Å². The molecule has 2 aliphatic heterocycles. The molecule has 0 bridgehead atoms. The van der Waals surface area contributed by atoms with E-state index in [9.17, 15) is 0 Å². The van der Waals surface area contributed by atoms with Crippen LogP contribution in [0.4, 0.5) is 0 Å². The average Bonchev–Trinajstić information content (AvgIpc) is 2.91. The Morgan fingerprint density at radius 1 is 1.00 bits per heavy atom. The molecular weight excluding hydrogens is 457 g/mol. The predicted molar refractivity (Wildman–Crippen MR) is 115 cm³/mol. The smallest absolute Gasteiger partial charge is 0.189 e. The normalized spacial score (nSPS) is 18.4. The molecule has 27 heavy (non-hydrogen) atoms. The summed E-state index contributed by atoms with van der Waals surface area (Å²) in [5, 5.41) is 3.31. The van der Waals surface area contributed by atoms with Crippen LogP contribution < -0.4 is 25.3 Å². The zero-order valence-electron chi connectivity index (χ0n) is 15.0. The van der Waals surface area contributed by atoms with Gasteiger partial charge in [-0.25, -0.2) is 4.99 Å². The van der Waals surface area contributed by atoms with Crippen LogP contribution in [0.1, 0.15) is 30.0 Å². The third kappa shape index (κ3) is 4.77. The minimum absolute atomic E-state index is 0. The Bertz CT molecular complexity index is 813. The predicted octanol–water partition coefficient (Wildman–Crippen LogP) is 3.39. The molecule has 0 amide bonds. The molecule has 4 rings (SSSR count). The van der Waals surface area contributed by atoms with E-state index in [1.807, 2.05) is 36.4 Å². The van der Waals surface area contributed by atoms with E-state index in [1.165, 1.54) is 0 Å². The molecule has 0 saturated carbocycles. The Hall–Kier alpha value is -2.16. The second kappa shape index (κ2) is 9.16. The Kier molecular flexibility index (Phi) is 6.65. The first-order valence-corrected chi connectivity index (χ1v) is 8.96. The van der Waals surface area contributed by atoms with Gasteiger partial charge < -0.3 is 25.3 Å². The molecule has 7 heteroatoms. The van der Waals surface area contributed by atoms with Gasteiger partial charge in [0.25, 0.3) is 0 Å². The van der Waals surface area contributed by atoms with Crippen LogP contribution in [0.15, 0.2) is 47.5 Å². The lowest BCUT2D eigenvalue weighted by molar-refractivity contribution is 0.262. The van der Waals surface area contributed by atoms with Crippen molar-refractivity contribution in [3.63, 3.8) is 0 Å². The molecule has 3 N–H and O–H groups in total. The molecule has 0 radical (unpaired) electrons. The maximum Gasteiger partial charge on any atom is 0.189 e. The maximum atomic E-state index is 6.11. The molecule has 0 saturated heterocycles. The van der Waals surface area contributed by atoms with E-state index in [4.69, 9.17) is 19.9 Å². The minimum atomic E-state index is 0. The van der Waals surface area contributed by atoms with Crippen LogP contribution in [0.25, 0.3) is 0 Å². The average molecular weight is 481 g/mol. The summed E-state index contributed by atoms with van der Waals surface area (Å²) in [4.78, 5) is 4.48. The van der Waals surface area contributed by atoms with Crippen LogP contribution in [-0.2, 0) is 6.54 Å². The molecule has 1 atom stereocenters. The number of hydrogen-bond acceptors (Lipinski definition) is 4. The monoisotopic (exact) mass is 481 g/mol. The Morgan fingerprint density at radius 3 is 2.67 bits per heavy atom. The van der Waals surface area contributed by atoms with Gasteiger partial charge in [0.15, 0.2) is 17.5 Å². The summed E-state index contributed by atoms with van der Waals surface area (Å²) >= 11 is 0. The topological polar surface area (TPSA) is 78.1 Å². The summed E-state index contributed by atoms with van der Waals surface area (Å²) in [5.41, 5.74) is 8.27. The van der Waals surface area contributed by atoms with Gasteiger partial charge >= 0.3 is 0 Å². The number of para-hydroxylation sites is 1. The molecule has 0 aromatic heterocycles. The molecule has 0 aliphatic carbocycles. The number of nitrogens with one attached hydrogen (secondary N) is 1. The fourth-order valence-electron chi connectivity index (χ4n) is 3.20. The lowest BCUT2D eigenvalue weighted by atomic mass is 10.0. The molecule has 2 aromatic carbocycles. The van der Waals surface area contributed by atoms with Crippen molar-refractivity contribution in [2.45, 2.75) is 25.4 Å². The number of hydrogen-bond donors (Lipinski definition) is 2. The lowest BCUT2D eigenvalue weighted by Gasteiger charge is -2.26. The Morgan fingerprint density at radius 2 is 1.78 bits per heavy atom. The standard InChI is InChI=1S/C20H23N3O3.HI/c21-20(23-16-8-11-26-17-5-2-1-4-15(16)17)22-13-14-6-7-18-19(12-14)25-10-3-9-24-18;/h1-2,4-7,12,16H,3,8-11,13H2,(H3,21,22,23);1H. The van der Waals surface area contributed by atoms with Crippen LogP contribution in [0, 0.1) is 0 Å². The van der Waals surface area contributed by atoms with E-state index in [0.717, 1.165) is 41.2 Å². The number of aliphatic imine (C=N–C) groups is 1. The summed E-state index contributed by atoms with van der Waals surface area (Å²) < 4.78 is 17.1. The number of ether oxygens (including phenoxy) is 3. The van der Waals surface area contributed by atoms with Crippen molar-refractivity contribution in [2.75, 3.05) is 19.8 Å². The second-order valence-electron chi connectivity index (χ2n) is 6.40. The zero-order valence-corrected chi connectivity index (χ0v) is 17.3. The van der Waals surface area contributed by atoms with Gasteiger partial charge in [-0.3, -0.25) is 0 Å². The van der Waals surface area contributed by atoms with Crippen LogP contribution in [-0.4, -0.2) is 25.8 Å². The SMILES string of the molecule is I.NC(=NCc1ccc2c(c1)OCCCO2)NC1CCOc2ccccc21. The van der Waals surface area contributed by atoms with Gasteiger partial charge in [-0.2, -0.15) is 0 Å². The summed E-state index contributed by atoms with van der Waals surface area (Å²) in [6.45, 7) is 2.52. The highest BCUT2D eigenvalue weighted by molar-refractivity contribution is 14.0. The number of nitrogens with zero attached hydrogens (tertiary/aromatic N) is 1. The third-order valence-corrected chi connectivity index (χ3v) is 4.52. The zero-order chi connectivity index (χ0) is 17.8. The highest BCUT2D eigenvalue weighted by atomic mass is 127. The number of nitrogens with two attached hydrogens (primary N) is 1. The van der Waals surface area contributed by atoms with Gasteiger partial charge in [-0.1, -0.05) is 24.3 Å². The summed E-state index contributed by atoms with van der Waals surface area (Å²) in [6, 6.07) is 14.0. The summed E-state index contributed by atoms with van der Waals surface area (Å²) in [5.74, 6) is 2.91. The van der Waals surface area contributed by atoms with Gasteiger partial charge in [0.1, 0.15) is 5.75 Å². The maximum absolute atomic E-state index is 6.11. The van der Waals surface area contributed by atoms with Crippen molar-refractivity contribution in [3.8, 4) is 17.2 Å². The summed E-state index contributed by atoms with van der Waals surface area (Å²) in [6.07, 6.45) is 1.75. The van der Waals surface area contributed by atoms with E-state index in [0.29, 0.717) is 32.3 Å². The van der Waals surface area contributed by atoms with Crippen molar-refractivity contribution in [1.82, 2.24) is 5.32 Å². The van der Waals surface area contributed by atoms with Crippen molar-refractivity contribution in [3.05, 3.63) is 53.6 Å². The van der Waals surface area contributed by atoms with Crippen LogP contribution in [0.2, 0.25) is 0 Å². The van der Waals surface area contributed by atoms with Gasteiger partial charge in [0, 0.05) is 18.4 Å². The molecule has 2 aromatic rings. The van der Waals surface area contributed by atoms with E-state index in [1.54, 1.807) is 0 Å². The van der Waals surface area contributed by atoms with E-state index >= 15 is 0 Å². The van der Waals surface area contributed by atoms with E-state index in [-0.39, 0.29) is 30.0 Å². The van der Waals surface area contributed by atoms with Crippen LogP contribution in [0.5, 0.6) is 17.2 Å². The molecule has 2 aliphatic rings. The largest absolute Gasteiger partial charge is 0.493 e. The van der Waals surface area contributed by atoms with Crippen molar-refractivity contribution >= 4 is 29.9 Å². The molecule has 144 valence electrons. The highest BCUT2D eigenvalue weighted by Gasteiger charge is 2.21. The molecule has 0 spiro atoms. The molecule has 6 nitrogen and oxygen atoms in total. The van der Waals surface area contributed by atoms with E-state index in [2.05, 4.69) is 16.4 Å². The van der Waals surface area contributed by atoms with Crippen molar-refractivity contribution in [1.29, 1.82) is 0 Å².